The summed E-state index contributed by atoms with van der Waals surface area (Å²) in [6, 6.07) is 0. The Balaban J connectivity index is 1.70. The van der Waals surface area contributed by atoms with Gasteiger partial charge in [0.1, 0.15) is 0 Å². The lowest BCUT2D eigenvalue weighted by Crippen LogP contribution is -2.14. The van der Waals surface area contributed by atoms with Gasteiger partial charge in [-0.3, -0.25) is 4.79 Å². The van der Waals surface area contributed by atoms with Crippen LogP contribution in [0.15, 0.2) is 0 Å². The second kappa shape index (κ2) is 3.05. The van der Waals surface area contributed by atoms with E-state index in [1.807, 2.05) is 0 Å². The Labute approximate surface area is 71.7 Å². The first kappa shape index (κ1) is 8.05. The SMILES string of the molecule is O=C(O)CCC1CCC2OC2C1. The molecule has 0 aromatic rings. The molecule has 2 rings (SSSR count). The molecule has 0 aromatic heterocycles. The van der Waals surface area contributed by atoms with Gasteiger partial charge in [-0.25, -0.2) is 0 Å². The predicted octanol–water partition coefficient (Wildman–Crippen LogP) is 1.42. The quantitative estimate of drug-likeness (QED) is 0.651. The van der Waals surface area contributed by atoms with Crippen LogP contribution in [0.2, 0.25) is 0 Å². The van der Waals surface area contributed by atoms with Gasteiger partial charge in [0, 0.05) is 6.42 Å². The third-order valence-electron chi connectivity index (χ3n) is 2.88. The Morgan fingerprint density at radius 1 is 1.42 bits per heavy atom. The first-order valence-corrected chi connectivity index (χ1v) is 4.63. The van der Waals surface area contributed by atoms with Crippen molar-refractivity contribution in [3.05, 3.63) is 0 Å². The van der Waals surface area contributed by atoms with E-state index < -0.39 is 5.97 Å². The summed E-state index contributed by atoms with van der Waals surface area (Å²) >= 11 is 0. The van der Waals surface area contributed by atoms with E-state index >= 15 is 0 Å². The molecule has 12 heavy (non-hydrogen) atoms. The first-order chi connectivity index (χ1) is 5.75. The molecule has 2 aliphatic rings. The van der Waals surface area contributed by atoms with Crippen LogP contribution in [0.1, 0.15) is 32.1 Å². The summed E-state index contributed by atoms with van der Waals surface area (Å²) in [5.41, 5.74) is 0. The van der Waals surface area contributed by atoms with Crippen molar-refractivity contribution in [2.75, 3.05) is 0 Å². The van der Waals surface area contributed by atoms with Gasteiger partial charge in [-0.1, -0.05) is 0 Å². The monoisotopic (exact) mass is 170 g/mol. The molecule has 2 fully saturated rings. The van der Waals surface area contributed by atoms with Crippen molar-refractivity contribution in [1.29, 1.82) is 0 Å². The van der Waals surface area contributed by atoms with Gasteiger partial charge in [0.2, 0.25) is 0 Å². The number of ether oxygens (including phenoxy) is 1. The number of carboxylic acids is 1. The van der Waals surface area contributed by atoms with Crippen LogP contribution >= 0.6 is 0 Å². The van der Waals surface area contributed by atoms with E-state index in [4.69, 9.17) is 9.84 Å². The second-order valence-corrected chi connectivity index (χ2v) is 3.82. The van der Waals surface area contributed by atoms with Crippen LogP contribution in [0.5, 0.6) is 0 Å². The van der Waals surface area contributed by atoms with Gasteiger partial charge in [0.05, 0.1) is 12.2 Å². The standard InChI is InChI=1S/C9H14O3/c10-9(11)4-2-6-1-3-7-8(5-6)12-7/h6-8H,1-5H2,(H,10,11). The van der Waals surface area contributed by atoms with E-state index in [0.717, 1.165) is 25.7 Å². The number of hydrogen-bond donors (Lipinski definition) is 1. The number of aliphatic carboxylic acids is 1. The molecule has 1 saturated heterocycles. The van der Waals surface area contributed by atoms with Crippen LogP contribution in [-0.2, 0) is 9.53 Å². The highest BCUT2D eigenvalue weighted by Gasteiger charge is 2.43. The summed E-state index contributed by atoms with van der Waals surface area (Å²) < 4.78 is 5.37. The van der Waals surface area contributed by atoms with Crippen LogP contribution in [0.25, 0.3) is 0 Å². The van der Waals surface area contributed by atoms with Crippen LogP contribution in [-0.4, -0.2) is 23.3 Å². The molecule has 1 aliphatic heterocycles. The minimum Gasteiger partial charge on any atom is -0.481 e. The summed E-state index contributed by atoms with van der Waals surface area (Å²) in [6.07, 6.45) is 5.58. The Hall–Kier alpha value is -0.570. The van der Waals surface area contributed by atoms with E-state index in [2.05, 4.69) is 0 Å². The average molecular weight is 170 g/mol. The van der Waals surface area contributed by atoms with Crippen LogP contribution < -0.4 is 0 Å². The average Bonchev–Trinajstić information content (AvgIpc) is 2.78. The van der Waals surface area contributed by atoms with E-state index in [1.54, 1.807) is 0 Å². The molecule has 1 heterocycles. The van der Waals surface area contributed by atoms with Crippen molar-refractivity contribution < 1.29 is 14.6 Å². The normalized spacial score (nSPS) is 38.8. The number of hydrogen-bond acceptors (Lipinski definition) is 2. The smallest absolute Gasteiger partial charge is 0.303 e. The summed E-state index contributed by atoms with van der Waals surface area (Å²) in [5.74, 6) is -0.0707. The molecule has 1 saturated carbocycles. The molecule has 0 aromatic carbocycles. The Morgan fingerprint density at radius 2 is 2.25 bits per heavy atom. The molecule has 1 N–H and O–H groups in total. The second-order valence-electron chi connectivity index (χ2n) is 3.82. The topological polar surface area (TPSA) is 49.8 Å². The van der Waals surface area contributed by atoms with Gasteiger partial charge in [0.25, 0.3) is 0 Å². The van der Waals surface area contributed by atoms with Crippen molar-refractivity contribution in [3.63, 3.8) is 0 Å². The van der Waals surface area contributed by atoms with Crippen LogP contribution in [0.4, 0.5) is 0 Å². The fourth-order valence-corrected chi connectivity index (χ4v) is 2.08. The Bertz CT molecular complexity index is 190. The molecule has 3 heteroatoms. The minimum absolute atomic E-state index is 0.321. The highest BCUT2D eigenvalue weighted by molar-refractivity contribution is 5.66. The molecule has 68 valence electrons. The van der Waals surface area contributed by atoms with Gasteiger partial charge in [-0.15, -0.1) is 0 Å². The highest BCUT2D eigenvalue weighted by Crippen LogP contribution is 2.40. The first-order valence-electron chi connectivity index (χ1n) is 4.63. The van der Waals surface area contributed by atoms with Crippen molar-refractivity contribution in [3.8, 4) is 0 Å². The number of carbonyl (C=O) groups is 1. The fourth-order valence-electron chi connectivity index (χ4n) is 2.08. The summed E-state index contributed by atoms with van der Waals surface area (Å²) in [4.78, 5) is 10.3. The molecular formula is C9H14O3. The summed E-state index contributed by atoms with van der Waals surface area (Å²) in [7, 11) is 0. The minimum atomic E-state index is -0.672. The number of rotatable bonds is 3. The molecule has 0 spiro atoms. The highest BCUT2D eigenvalue weighted by atomic mass is 16.6. The van der Waals surface area contributed by atoms with Crippen molar-refractivity contribution in [2.24, 2.45) is 5.92 Å². The van der Waals surface area contributed by atoms with Crippen molar-refractivity contribution in [1.82, 2.24) is 0 Å². The maximum absolute atomic E-state index is 10.3. The molecule has 0 amide bonds. The zero-order valence-corrected chi connectivity index (χ0v) is 7.03. The summed E-state index contributed by atoms with van der Waals surface area (Å²) in [5, 5.41) is 8.49. The van der Waals surface area contributed by atoms with Gasteiger partial charge in [-0.2, -0.15) is 0 Å². The lowest BCUT2D eigenvalue weighted by molar-refractivity contribution is -0.137. The zero-order valence-electron chi connectivity index (χ0n) is 7.03. The number of epoxide rings is 1. The van der Waals surface area contributed by atoms with Gasteiger partial charge in [-0.05, 0) is 31.6 Å². The predicted molar refractivity (Wildman–Crippen MR) is 42.9 cm³/mol. The van der Waals surface area contributed by atoms with Crippen molar-refractivity contribution >= 4 is 5.97 Å². The molecular weight excluding hydrogens is 156 g/mol. The third kappa shape index (κ3) is 1.78. The largest absolute Gasteiger partial charge is 0.481 e. The van der Waals surface area contributed by atoms with E-state index in [0.29, 0.717) is 24.5 Å². The van der Waals surface area contributed by atoms with E-state index in [9.17, 15) is 4.79 Å². The maximum Gasteiger partial charge on any atom is 0.303 e. The van der Waals surface area contributed by atoms with Crippen LogP contribution in [0, 0.1) is 5.92 Å². The number of carboxylic acid groups (broad SMARTS) is 1. The summed E-state index contributed by atoms with van der Waals surface area (Å²) in [6.45, 7) is 0. The molecule has 0 radical (unpaired) electrons. The molecule has 3 nitrogen and oxygen atoms in total. The Morgan fingerprint density at radius 3 is 2.92 bits per heavy atom. The lowest BCUT2D eigenvalue weighted by atomic mass is 9.86. The van der Waals surface area contributed by atoms with Gasteiger partial charge < -0.3 is 9.84 Å². The van der Waals surface area contributed by atoms with Gasteiger partial charge in [0.15, 0.2) is 0 Å². The maximum atomic E-state index is 10.3. The van der Waals surface area contributed by atoms with Crippen LogP contribution in [0.3, 0.4) is 0 Å². The van der Waals surface area contributed by atoms with E-state index in [1.165, 1.54) is 0 Å². The molecule has 3 unspecified atom stereocenters. The molecule has 0 bridgehead atoms. The Kier molecular flexibility index (Phi) is 2.05. The zero-order chi connectivity index (χ0) is 8.55. The molecule has 1 aliphatic carbocycles. The van der Waals surface area contributed by atoms with Gasteiger partial charge >= 0.3 is 5.97 Å². The lowest BCUT2D eigenvalue weighted by Gasteiger charge is -2.17. The fraction of sp³-hybridized carbons (Fsp3) is 0.889. The van der Waals surface area contributed by atoms with E-state index in [-0.39, 0.29) is 0 Å². The number of fused-ring (bicyclic) bond motifs is 1. The molecule has 3 atom stereocenters. The van der Waals surface area contributed by atoms with Crippen molar-refractivity contribution in [2.45, 2.75) is 44.3 Å². The third-order valence-corrected chi connectivity index (χ3v) is 2.88.